The van der Waals surface area contributed by atoms with Gasteiger partial charge in [-0.2, -0.15) is 5.10 Å². The zero-order valence-corrected chi connectivity index (χ0v) is 16.2. The van der Waals surface area contributed by atoms with Crippen molar-refractivity contribution >= 4 is 5.91 Å². The van der Waals surface area contributed by atoms with Crippen molar-refractivity contribution in [3.8, 4) is 5.75 Å². The van der Waals surface area contributed by atoms with Gasteiger partial charge in [0.2, 0.25) is 5.91 Å². The topological polar surface area (TPSA) is 47.4 Å². The minimum atomic E-state index is -0.253. The van der Waals surface area contributed by atoms with Crippen LogP contribution in [-0.2, 0) is 17.3 Å². The zero-order valence-electron chi connectivity index (χ0n) is 16.2. The molecule has 0 N–H and O–H groups in total. The maximum Gasteiger partial charge on any atom is 0.226 e. The molecular formula is C21H27N3O2. The molecule has 1 aromatic carbocycles. The minimum absolute atomic E-state index is 0.0111. The van der Waals surface area contributed by atoms with Gasteiger partial charge in [0.1, 0.15) is 11.4 Å². The van der Waals surface area contributed by atoms with Crippen LogP contribution in [0.25, 0.3) is 0 Å². The highest BCUT2D eigenvalue weighted by atomic mass is 16.5. The highest BCUT2D eigenvalue weighted by Gasteiger charge is 2.64. The number of fused-ring (bicyclic) bond motifs is 2. The Morgan fingerprint density at radius 2 is 2.12 bits per heavy atom. The van der Waals surface area contributed by atoms with Gasteiger partial charge in [-0.15, -0.1) is 0 Å². The molecule has 0 saturated heterocycles. The van der Waals surface area contributed by atoms with E-state index in [-0.39, 0.29) is 28.9 Å². The Bertz CT molecular complexity index is 856. The van der Waals surface area contributed by atoms with Crippen LogP contribution in [0.3, 0.4) is 0 Å². The van der Waals surface area contributed by atoms with Crippen molar-refractivity contribution in [2.24, 2.45) is 13.0 Å². The summed E-state index contributed by atoms with van der Waals surface area (Å²) in [7, 11) is 3.80. The average molecular weight is 353 g/mol. The van der Waals surface area contributed by atoms with E-state index in [9.17, 15) is 4.79 Å². The molecule has 0 unspecified atom stereocenters. The number of rotatable bonds is 3. The molecular weight excluding hydrogens is 326 g/mol. The Morgan fingerprint density at radius 1 is 1.38 bits per heavy atom. The van der Waals surface area contributed by atoms with Crippen LogP contribution < -0.4 is 4.74 Å². The number of hydrogen-bond donors (Lipinski definition) is 0. The number of aryl methyl sites for hydroxylation is 1. The number of aromatic nitrogens is 2. The van der Waals surface area contributed by atoms with Gasteiger partial charge in [-0.25, -0.2) is 0 Å². The molecule has 1 saturated carbocycles. The number of ether oxygens (including phenoxy) is 1. The highest BCUT2D eigenvalue weighted by molar-refractivity contribution is 5.85. The summed E-state index contributed by atoms with van der Waals surface area (Å²) >= 11 is 0. The quantitative estimate of drug-likeness (QED) is 0.849. The summed E-state index contributed by atoms with van der Waals surface area (Å²) in [6, 6.07) is 8.22. The lowest BCUT2D eigenvalue weighted by atomic mass is 9.79. The first-order valence-electron chi connectivity index (χ1n) is 9.27. The predicted molar refractivity (Wildman–Crippen MR) is 99.9 cm³/mol. The van der Waals surface area contributed by atoms with Gasteiger partial charge >= 0.3 is 0 Å². The Kier molecular flexibility index (Phi) is 3.69. The number of carbonyl (C=O) groups excluding carboxylic acids is 1. The van der Waals surface area contributed by atoms with Crippen LogP contribution in [0.2, 0.25) is 0 Å². The molecule has 4 rings (SSSR count). The second kappa shape index (κ2) is 5.60. The van der Waals surface area contributed by atoms with Gasteiger partial charge < -0.3 is 9.64 Å². The van der Waals surface area contributed by atoms with Crippen LogP contribution in [0.5, 0.6) is 5.75 Å². The van der Waals surface area contributed by atoms with E-state index in [0.29, 0.717) is 0 Å². The van der Waals surface area contributed by atoms with Crippen LogP contribution in [0, 0.1) is 5.92 Å². The van der Waals surface area contributed by atoms with Gasteiger partial charge in [0.05, 0.1) is 12.2 Å². The first kappa shape index (κ1) is 17.1. The second-order valence-electron chi connectivity index (χ2n) is 8.52. The fourth-order valence-electron chi connectivity index (χ4n) is 4.59. The zero-order chi connectivity index (χ0) is 18.7. The second-order valence-corrected chi connectivity index (χ2v) is 8.52. The molecule has 5 nitrogen and oxygen atoms in total. The number of hydrogen-bond acceptors (Lipinski definition) is 3. The summed E-state index contributed by atoms with van der Waals surface area (Å²) in [6.45, 7) is 6.30. The van der Waals surface area contributed by atoms with E-state index in [0.717, 1.165) is 24.2 Å². The standard InChI is InChI=1S/C21H27N3O2/c1-14(15-11-22-23(4)12-15)24(5)19(25)17-10-21(17)13-20(2,3)26-18-9-7-6-8-16(18)21/h6-9,11-12,14,17H,10,13H2,1-5H3/t14-,17-,21+/m1/s1. The molecule has 2 aromatic rings. The normalized spacial score (nSPS) is 26.7. The number of amides is 1. The summed E-state index contributed by atoms with van der Waals surface area (Å²) in [5.41, 5.74) is 1.92. The molecule has 1 aromatic heterocycles. The van der Waals surface area contributed by atoms with Crippen molar-refractivity contribution in [1.82, 2.24) is 14.7 Å². The van der Waals surface area contributed by atoms with Crippen molar-refractivity contribution in [1.29, 1.82) is 0 Å². The summed E-state index contributed by atoms with van der Waals surface area (Å²) in [4.78, 5) is 15.2. The number of carbonyl (C=O) groups is 1. The van der Waals surface area contributed by atoms with Crippen molar-refractivity contribution in [3.63, 3.8) is 0 Å². The fourth-order valence-corrected chi connectivity index (χ4v) is 4.59. The summed E-state index contributed by atoms with van der Waals surface area (Å²) in [6.07, 6.45) is 5.59. The van der Waals surface area contributed by atoms with Gasteiger partial charge in [0.15, 0.2) is 0 Å². The molecule has 0 bridgehead atoms. The van der Waals surface area contributed by atoms with E-state index in [1.807, 2.05) is 49.6 Å². The van der Waals surface area contributed by atoms with Crippen LogP contribution in [-0.4, -0.2) is 33.2 Å². The van der Waals surface area contributed by atoms with E-state index in [4.69, 9.17) is 4.74 Å². The smallest absolute Gasteiger partial charge is 0.226 e. The van der Waals surface area contributed by atoms with Crippen LogP contribution in [0.15, 0.2) is 36.7 Å². The Balaban J connectivity index is 1.60. The minimum Gasteiger partial charge on any atom is -0.488 e. The Morgan fingerprint density at radius 3 is 2.81 bits per heavy atom. The van der Waals surface area contributed by atoms with Gasteiger partial charge in [-0.3, -0.25) is 9.48 Å². The third-order valence-electron chi connectivity index (χ3n) is 6.06. The van der Waals surface area contributed by atoms with Gasteiger partial charge in [0, 0.05) is 42.8 Å². The molecule has 138 valence electrons. The number of nitrogens with zero attached hydrogens (tertiary/aromatic N) is 3. The number of para-hydroxylation sites is 1. The lowest BCUT2D eigenvalue weighted by Gasteiger charge is -2.39. The molecule has 0 radical (unpaired) electrons. The molecule has 2 aliphatic rings. The van der Waals surface area contributed by atoms with Gasteiger partial charge in [0.25, 0.3) is 0 Å². The van der Waals surface area contributed by atoms with E-state index < -0.39 is 0 Å². The lowest BCUT2D eigenvalue weighted by molar-refractivity contribution is -0.134. The lowest BCUT2D eigenvalue weighted by Crippen LogP contribution is -2.41. The molecule has 1 spiro atoms. The highest BCUT2D eigenvalue weighted by Crippen LogP contribution is 2.64. The third kappa shape index (κ3) is 2.61. The first-order chi connectivity index (χ1) is 12.2. The average Bonchev–Trinajstić information content (AvgIpc) is 3.11. The van der Waals surface area contributed by atoms with Gasteiger partial charge in [-0.05, 0) is 39.7 Å². The Hall–Kier alpha value is -2.30. The SMILES string of the molecule is C[C@H](c1cnn(C)c1)N(C)C(=O)[C@H]1C[C@@]12CC(C)(C)Oc1ccccc12. The molecule has 1 amide bonds. The Labute approximate surface area is 154 Å². The molecule has 2 heterocycles. The molecule has 3 atom stereocenters. The molecule has 1 fully saturated rings. The van der Waals surface area contributed by atoms with Crippen molar-refractivity contribution < 1.29 is 9.53 Å². The molecule has 1 aliphatic carbocycles. The number of benzene rings is 1. The maximum absolute atomic E-state index is 13.3. The van der Waals surface area contributed by atoms with Crippen LogP contribution >= 0.6 is 0 Å². The van der Waals surface area contributed by atoms with Gasteiger partial charge in [-0.1, -0.05) is 18.2 Å². The summed E-state index contributed by atoms with van der Waals surface area (Å²) in [5, 5.41) is 4.23. The third-order valence-corrected chi connectivity index (χ3v) is 6.06. The van der Waals surface area contributed by atoms with Crippen molar-refractivity contribution in [2.75, 3.05) is 7.05 Å². The van der Waals surface area contributed by atoms with E-state index in [1.165, 1.54) is 5.56 Å². The summed E-state index contributed by atoms with van der Waals surface area (Å²) < 4.78 is 7.94. The van der Waals surface area contributed by atoms with Crippen LogP contribution in [0.4, 0.5) is 0 Å². The van der Waals surface area contributed by atoms with Crippen molar-refractivity contribution in [3.05, 3.63) is 47.8 Å². The molecule has 26 heavy (non-hydrogen) atoms. The van der Waals surface area contributed by atoms with E-state index in [1.54, 1.807) is 4.68 Å². The monoisotopic (exact) mass is 353 g/mol. The largest absolute Gasteiger partial charge is 0.488 e. The first-order valence-corrected chi connectivity index (χ1v) is 9.27. The van der Waals surface area contributed by atoms with Crippen molar-refractivity contribution in [2.45, 2.75) is 50.7 Å². The maximum atomic E-state index is 13.3. The molecule has 5 heteroatoms. The summed E-state index contributed by atoms with van der Waals surface area (Å²) in [5.74, 6) is 1.17. The fraction of sp³-hybridized carbons (Fsp3) is 0.524. The predicted octanol–water partition coefficient (Wildman–Crippen LogP) is 3.46. The van der Waals surface area contributed by atoms with E-state index >= 15 is 0 Å². The van der Waals surface area contributed by atoms with Crippen LogP contribution in [0.1, 0.15) is 50.8 Å². The van der Waals surface area contributed by atoms with E-state index in [2.05, 4.69) is 31.9 Å². The molecule has 1 aliphatic heterocycles.